The van der Waals surface area contributed by atoms with Crippen molar-refractivity contribution in [3.05, 3.63) is 73.3 Å². The van der Waals surface area contributed by atoms with E-state index in [1.54, 1.807) is 0 Å². The molecule has 0 aromatic heterocycles. The average molecular weight is 348 g/mol. The Kier molecular flexibility index (Phi) is 8.92. The molecule has 0 bridgehead atoms. The van der Waals surface area contributed by atoms with Crippen molar-refractivity contribution in [3.63, 3.8) is 0 Å². The van der Waals surface area contributed by atoms with E-state index in [2.05, 4.69) is 11.7 Å². The molecule has 0 radical (unpaired) electrons. The molecular formula is C23H28N2O. The van der Waals surface area contributed by atoms with E-state index < -0.39 is 0 Å². The van der Waals surface area contributed by atoms with E-state index in [1.165, 1.54) is 0 Å². The predicted octanol–water partition coefficient (Wildman–Crippen LogP) is 6.30. The van der Waals surface area contributed by atoms with E-state index in [-0.39, 0.29) is 0 Å². The molecule has 0 spiro atoms. The Morgan fingerprint density at radius 2 is 1.42 bits per heavy atom. The van der Waals surface area contributed by atoms with Gasteiger partial charge in [0.15, 0.2) is 0 Å². The largest absolute Gasteiger partial charge is 0.300 e. The van der Waals surface area contributed by atoms with Gasteiger partial charge in [0.05, 0.1) is 11.4 Å². The van der Waals surface area contributed by atoms with Crippen LogP contribution in [-0.2, 0) is 4.79 Å². The summed E-state index contributed by atoms with van der Waals surface area (Å²) in [5.74, 6) is 0.360. The molecule has 0 fully saturated rings. The number of carbonyl (C=O) groups excluding carboxylic acids is 1. The molecule has 2 rings (SSSR count). The Labute approximate surface area is 157 Å². The summed E-state index contributed by atoms with van der Waals surface area (Å²) in [6.07, 6.45) is 9.79. The standard InChI is InChI=1S/C23H28N2O/c1-2-3-7-18-23(26)19-12-6-13-20-24-25(21-14-8-4-9-15-21)22-16-10-5-11-17-22/h2,4-5,8-11,14-17,20H,1,3,6-7,12-13,18-19H2/b24-20+. The molecule has 26 heavy (non-hydrogen) atoms. The topological polar surface area (TPSA) is 32.7 Å². The third kappa shape index (κ3) is 7.06. The zero-order valence-electron chi connectivity index (χ0n) is 15.4. The number of ketones is 1. The van der Waals surface area contributed by atoms with Gasteiger partial charge in [0.2, 0.25) is 0 Å². The first-order valence-electron chi connectivity index (χ1n) is 9.36. The number of hydrogen-bond donors (Lipinski definition) is 0. The summed E-state index contributed by atoms with van der Waals surface area (Å²) < 4.78 is 0. The van der Waals surface area contributed by atoms with E-state index in [0.717, 1.165) is 43.5 Å². The molecule has 3 heteroatoms. The van der Waals surface area contributed by atoms with Gasteiger partial charge < -0.3 is 0 Å². The fourth-order valence-electron chi connectivity index (χ4n) is 2.69. The van der Waals surface area contributed by atoms with Crippen LogP contribution in [0.25, 0.3) is 0 Å². The van der Waals surface area contributed by atoms with Crippen molar-refractivity contribution in [3.8, 4) is 0 Å². The lowest BCUT2D eigenvalue weighted by atomic mass is 10.1. The number of Topliss-reactive ketones (excluding diaryl/α,β-unsaturated/α-hetero) is 1. The number of hydrogen-bond acceptors (Lipinski definition) is 3. The summed E-state index contributed by atoms with van der Waals surface area (Å²) in [5.41, 5.74) is 2.07. The van der Waals surface area contributed by atoms with Crippen molar-refractivity contribution >= 4 is 23.4 Å². The van der Waals surface area contributed by atoms with E-state index >= 15 is 0 Å². The summed E-state index contributed by atoms with van der Waals surface area (Å²) in [7, 11) is 0. The van der Waals surface area contributed by atoms with Crippen LogP contribution in [-0.4, -0.2) is 12.0 Å². The minimum Gasteiger partial charge on any atom is -0.300 e. The van der Waals surface area contributed by atoms with Crippen molar-refractivity contribution < 1.29 is 4.79 Å². The molecule has 136 valence electrons. The van der Waals surface area contributed by atoms with Gasteiger partial charge in [-0.1, -0.05) is 42.5 Å². The Morgan fingerprint density at radius 1 is 0.846 bits per heavy atom. The molecule has 0 atom stereocenters. The molecule has 2 aromatic rings. The minimum atomic E-state index is 0.360. The number of unbranched alkanes of at least 4 members (excludes halogenated alkanes) is 3. The molecule has 0 amide bonds. The van der Waals surface area contributed by atoms with Gasteiger partial charge in [0, 0.05) is 19.1 Å². The molecule has 0 saturated carbocycles. The Morgan fingerprint density at radius 3 is 2.00 bits per heavy atom. The van der Waals surface area contributed by atoms with Crippen LogP contribution in [0.15, 0.2) is 78.4 Å². The van der Waals surface area contributed by atoms with Crippen molar-refractivity contribution in [2.45, 2.75) is 44.9 Å². The molecule has 0 saturated heterocycles. The Hall–Kier alpha value is -2.68. The van der Waals surface area contributed by atoms with E-state index in [0.29, 0.717) is 18.6 Å². The van der Waals surface area contributed by atoms with Crippen molar-refractivity contribution in [1.29, 1.82) is 0 Å². The zero-order chi connectivity index (χ0) is 18.5. The molecule has 0 unspecified atom stereocenters. The quantitative estimate of drug-likeness (QED) is 0.195. The molecule has 3 nitrogen and oxygen atoms in total. The summed E-state index contributed by atoms with van der Waals surface area (Å²) in [4.78, 5) is 11.8. The number of hydrazone groups is 1. The van der Waals surface area contributed by atoms with Crippen molar-refractivity contribution in [2.75, 3.05) is 5.01 Å². The third-order valence-electron chi connectivity index (χ3n) is 4.10. The van der Waals surface area contributed by atoms with Crippen LogP contribution in [0.2, 0.25) is 0 Å². The second-order valence-electron chi connectivity index (χ2n) is 6.25. The summed E-state index contributed by atoms with van der Waals surface area (Å²) >= 11 is 0. The first-order valence-corrected chi connectivity index (χ1v) is 9.36. The molecule has 0 aliphatic carbocycles. The van der Waals surface area contributed by atoms with Crippen LogP contribution in [0.3, 0.4) is 0 Å². The number of benzene rings is 2. The second kappa shape index (κ2) is 11.8. The van der Waals surface area contributed by atoms with Gasteiger partial charge in [0.25, 0.3) is 0 Å². The third-order valence-corrected chi connectivity index (χ3v) is 4.10. The second-order valence-corrected chi connectivity index (χ2v) is 6.25. The molecule has 2 aromatic carbocycles. The van der Waals surface area contributed by atoms with Gasteiger partial charge in [-0.05, 0) is 56.4 Å². The summed E-state index contributed by atoms with van der Waals surface area (Å²) in [6, 6.07) is 20.2. The lowest BCUT2D eigenvalue weighted by Crippen LogP contribution is -2.08. The maximum absolute atomic E-state index is 11.8. The van der Waals surface area contributed by atoms with Crippen LogP contribution < -0.4 is 5.01 Å². The van der Waals surface area contributed by atoms with E-state index in [4.69, 9.17) is 0 Å². The number of rotatable bonds is 12. The number of carbonyl (C=O) groups is 1. The number of allylic oxidation sites excluding steroid dienone is 1. The molecule has 0 heterocycles. The first-order chi connectivity index (χ1) is 12.8. The normalized spacial score (nSPS) is 10.8. The molecule has 0 aliphatic heterocycles. The number of nitrogens with zero attached hydrogens (tertiary/aromatic N) is 2. The van der Waals surface area contributed by atoms with Crippen molar-refractivity contribution in [1.82, 2.24) is 0 Å². The van der Waals surface area contributed by atoms with Gasteiger partial charge in [-0.25, -0.2) is 5.01 Å². The van der Waals surface area contributed by atoms with Gasteiger partial charge in [-0.2, -0.15) is 5.10 Å². The average Bonchev–Trinajstić information content (AvgIpc) is 2.69. The maximum atomic E-state index is 11.8. The first kappa shape index (κ1) is 19.6. The highest BCUT2D eigenvalue weighted by atomic mass is 16.1. The van der Waals surface area contributed by atoms with Crippen molar-refractivity contribution in [2.24, 2.45) is 5.10 Å². The van der Waals surface area contributed by atoms with Crippen LogP contribution in [0.1, 0.15) is 44.9 Å². The number of anilines is 2. The van der Waals surface area contributed by atoms with Gasteiger partial charge in [-0.15, -0.1) is 6.58 Å². The smallest absolute Gasteiger partial charge is 0.132 e. The van der Waals surface area contributed by atoms with Gasteiger partial charge in [-0.3, -0.25) is 4.79 Å². The molecule has 0 aliphatic rings. The molecular weight excluding hydrogens is 320 g/mol. The van der Waals surface area contributed by atoms with Crippen LogP contribution in [0, 0.1) is 0 Å². The Bertz CT molecular complexity index is 640. The lowest BCUT2D eigenvalue weighted by molar-refractivity contribution is -0.119. The predicted molar refractivity (Wildman–Crippen MR) is 111 cm³/mol. The van der Waals surface area contributed by atoms with Crippen LogP contribution in [0.4, 0.5) is 11.4 Å². The highest BCUT2D eigenvalue weighted by molar-refractivity contribution is 5.78. The van der Waals surface area contributed by atoms with Crippen LogP contribution in [0.5, 0.6) is 0 Å². The minimum absolute atomic E-state index is 0.360. The number of para-hydroxylation sites is 2. The fourth-order valence-corrected chi connectivity index (χ4v) is 2.69. The summed E-state index contributed by atoms with van der Waals surface area (Å²) in [5, 5.41) is 6.60. The van der Waals surface area contributed by atoms with Gasteiger partial charge in [0.1, 0.15) is 5.78 Å². The lowest BCUT2D eigenvalue weighted by Gasteiger charge is -2.19. The fraction of sp³-hybridized carbons (Fsp3) is 0.304. The highest BCUT2D eigenvalue weighted by Crippen LogP contribution is 2.24. The van der Waals surface area contributed by atoms with Gasteiger partial charge >= 0.3 is 0 Å². The SMILES string of the molecule is C=CCCCC(=O)CCCC/C=N/N(c1ccccc1)c1ccccc1. The van der Waals surface area contributed by atoms with E-state index in [1.807, 2.05) is 78.0 Å². The zero-order valence-corrected chi connectivity index (χ0v) is 15.4. The Balaban J connectivity index is 1.81. The van der Waals surface area contributed by atoms with E-state index in [9.17, 15) is 4.79 Å². The molecule has 0 N–H and O–H groups in total. The van der Waals surface area contributed by atoms with Crippen LogP contribution >= 0.6 is 0 Å². The highest BCUT2D eigenvalue weighted by Gasteiger charge is 2.06. The summed E-state index contributed by atoms with van der Waals surface area (Å²) in [6.45, 7) is 3.68. The maximum Gasteiger partial charge on any atom is 0.132 e. The monoisotopic (exact) mass is 348 g/mol.